The Hall–Kier alpha value is -1.56. The van der Waals surface area contributed by atoms with Crippen LogP contribution < -0.4 is 4.31 Å². The molecule has 2 rings (SSSR count). The number of aryl methyl sites for hydroxylation is 1. The number of anilines is 1. The Kier molecular flexibility index (Phi) is 5.11. The summed E-state index contributed by atoms with van der Waals surface area (Å²) in [7, 11) is -1.73. The number of hydrogen-bond donors (Lipinski definition) is 0. The van der Waals surface area contributed by atoms with Gasteiger partial charge in [0, 0.05) is 13.1 Å². The Bertz CT molecular complexity index is 637. The van der Waals surface area contributed by atoms with Crippen molar-refractivity contribution in [2.75, 3.05) is 24.2 Å². The van der Waals surface area contributed by atoms with E-state index in [0.29, 0.717) is 5.69 Å². The van der Waals surface area contributed by atoms with Crippen molar-refractivity contribution in [3.05, 3.63) is 29.8 Å². The number of carbonyl (C=O) groups excluding carboxylic acids is 1. The van der Waals surface area contributed by atoms with Crippen LogP contribution in [0.3, 0.4) is 0 Å². The van der Waals surface area contributed by atoms with Crippen LogP contribution in [0.2, 0.25) is 0 Å². The third kappa shape index (κ3) is 3.80. The largest absolute Gasteiger partial charge is 0.341 e. The van der Waals surface area contributed by atoms with Crippen molar-refractivity contribution in [2.45, 2.75) is 38.6 Å². The average Bonchev–Trinajstić information content (AvgIpc) is 2.97. The predicted molar refractivity (Wildman–Crippen MR) is 88.4 cm³/mol. The summed E-state index contributed by atoms with van der Waals surface area (Å²) in [6, 6.07) is 7.46. The number of carbonyl (C=O) groups is 1. The summed E-state index contributed by atoms with van der Waals surface area (Å²) in [5.41, 5.74) is 1.41. The Morgan fingerprint density at radius 1 is 1.23 bits per heavy atom. The van der Waals surface area contributed by atoms with Crippen LogP contribution in [0.5, 0.6) is 0 Å². The molecule has 122 valence electrons. The minimum absolute atomic E-state index is 0.142. The number of para-hydroxylation sites is 1. The molecule has 1 aliphatic rings. The van der Waals surface area contributed by atoms with Gasteiger partial charge < -0.3 is 4.90 Å². The first kappa shape index (κ1) is 16.8. The van der Waals surface area contributed by atoms with Crippen LogP contribution in [0, 0.1) is 6.92 Å². The van der Waals surface area contributed by atoms with Crippen molar-refractivity contribution in [2.24, 2.45) is 0 Å². The minimum Gasteiger partial charge on any atom is -0.341 e. The topological polar surface area (TPSA) is 57.7 Å². The van der Waals surface area contributed by atoms with E-state index in [-0.39, 0.29) is 18.5 Å². The lowest BCUT2D eigenvalue weighted by Crippen LogP contribution is -2.44. The summed E-state index contributed by atoms with van der Waals surface area (Å²) in [6.45, 7) is 1.70. The van der Waals surface area contributed by atoms with E-state index in [1.807, 2.05) is 19.1 Å². The van der Waals surface area contributed by atoms with Gasteiger partial charge in [-0.15, -0.1) is 0 Å². The highest BCUT2D eigenvalue weighted by Crippen LogP contribution is 2.25. The zero-order chi connectivity index (χ0) is 16.3. The molecule has 0 spiro atoms. The van der Waals surface area contributed by atoms with E-state index in [0.717, 1.165) is 37.5 Å². The fourth-order valence-corrected chi connectivity index (χ4v) is 3.86. The first-order chi connectivity index (χ1) is 10.3. The third-order valence-electron chi connectivity index (χ3n) is 4.33. The molecule has 0 atom stereocenters. The van der Waals surface area contributed by atoms with Gasteiger partial charge >= 0.3 is 0 Å². The van der Waals surface area contributed by atoms with Crippen LogP contribution in [-0.4, -0.2) is 45.1 Å². The summed E-state index contributed by atoms with van der Waals surface area (Å²) >= 11 is 0. The smallest absolute Gasteiger partial charge is 0.243 e. The van der Waals surface area contributed by atoms with Gasteiger partial charge in [-0.2, -0.15) is 0 Å². The standard InChI is InChI=1S/C16H24N2O3S/c1-13-8-4-7-11-15(13)18(22(3,20)21)12-16(19)17(2)14-9-5-6-10-14/h4,7-8,11,14H,5-6,9-10,12H2,1-3H3. The van der Waals surface area contributed by atoms with Crippen LogP contribution >= 0.6 is 0 Å². The van der Waals surface area contributed by atoms with E-state index in [4.69, 9.17) is 0 Å². The van der Waals surface area contributed by atoms with E-state index in [1.165, 1.54) is 4.31 Å². The Morgan fingerprint density at radius 2 is 1.82 bits per heavy atom. The molecule has 1 fully saturated rings. The molecular formula is C16H24N2O3S. The number of rotatable bonds is 5. The highest BCUT2D eigenvalue weighted by molar-refractivity contribution is 7.92. The van der Waals surface area contributed by atoms with Gasteiger partial charge in [0.15, 0.2) is 0 Å². The van der Waals surface area contributed by atoms with E-state index in [1.54, 1.807) is 24.1 Å². The third-order valence-corrected chi connectivity index (χ3v) is 5.46. The number of benzene rings is 1. The van der Waals surface area contributed by atoms with Gasteiger partial charge in [-0.25, -0.2) is 8.42 Å². The van der Waals surface area contributed by atoms with Crippen molar-refractivity contribution >= 4 is 21.6 Å². The van der Waals surface area contributed by atoms with E-state index >= 15 is 0 Å². The van der Waals surface area contributed by atoms with Gasteiger partial charge in [-0.05, 0) is 31.4 Å². The van der Waals surface area contributed by atoms with E-state index < -0.39 is 10.0 Å². The number of sulfonamides is 1. The molecule has 1 amide bonds. The summed E-state index contributed by atoms with van der Waals surface area (Å²) < 4.78 is 25.4. The molecule has 0 unspecified atom stereocenters. The Labute approximate surface area is 133 Å². The van der Waals surface area contributed by atoms with Crippen molar-refractivity contribution < 1.29 is 13.2 Å². The van der Waals surface area contributed by atoms with Crippen molar-refractivity contribution in [3.8, 4) is 0 Å². The molecule has 5 nitrogen and oxygen atoms in total. The first-order valence-corrected chi connectivity index (χ1v) is 9.44. The van der Waals surface area contributed by atoms with Gasteiger partial charge in [-0.3, -0.25) is 9.10 Å². The highest BCUT2D eigenvalue weighted by Gasteiger charge is 2.28. The monoisotopic (exact) mass is 324 g/mol. The lowest BCUT2D eigenvalue weighted by molar-refractivity contribution is -0.130. The summed E-state index contributed by atoms with van der Waals surface area (Å²) in [6.07, 6.45) is 5.42. The minimum atomic E-state index is -3.51. The fraction of sp³-hybridized carbons (Fsp3) is 0.562. The van der Waals surface area contributed by atoms with Gasteiger partial charge in [0.1, 0.15) is 6.54 Å². The predicted octanol–water partition coefficient (Wildman–Crippen LogP) is 2.16. The van der Waals surface area contributed by atoms with Gasteiger partial charge in [-0.1, -0.05) is 31.0 Å². The average molecular weight is 324 g/mol. The summed E-state index contributed by atoms with van der Waals surface area (Å²) in [5, 5.41) is 0. The number of nitrogens with zero attached hydrogens (tertiary/aromatic N) is 2. The molecule has 1 saturated carbocycles. The van der Waals surface area contributed by atoms with Crippen LogP contribution in [-0.2, 0) is 14.8 Å². The van der Waals surface area contributed by atoms with E-state index in [9.17, 15) is 13.2 Å². The molecule has 0 N–H and O–H groups in total. The molecule has 0 heterocycles. The molecule has 0 bridgehead atoms. The molecule has 0 aromatic heterocycles. The van der Waals surface area contributed by atoms with E-state index in [2.05, 4.69) is 0 Å². The zero-order valence-electron chi connectivity index (χ0n) is 13.4. The van der Waals surface area contributed by atoms with Crippen LogP contribution in [0.15, 0.2) is 24.3 Å². The molecule has 0 aliphatic heterocycles. The maximum atomic E-state index is 12.5. The molecule has 1 aromatic rings. The molecule has 0 saturated heterocycles. The second-order valence-electron chi connectivity index (χ2n) is 6.00. The second-order valence-corrected chi connectivity index (χ2v) is 7.91. The second kappa shape index (κ2) is 6.69. The maximum Gasteiger partial charge on any atom is 0.243 e. The first-order valence-electron chi connectivity index (χ1n) is 7.59. The summed E-state index contributed by atoms with van der Waals surface area (Å²) in [5.74, 6) is -0.152. The lowest BCUT2D eigenvalue weighted by atomic mass is 10.2. The number of hydrogen-bond acceptors (Lipinski definition) is 3. The quantitative estimate of drug-likeness (QED) is 0.834. The molecule has 0 radical (unpaired) electrons. The number of amides is 1. The van der Waals surface area contributed by atoms with Crippen molar-refractivity contribution in [1.29, 1.82) is 0 Å². The van der Waals surface area contributed by atoms with Crippen molar-refractivity contribution in [1.82, 2.24) is 4.90 Å². The van der Waals surface area contributed by atoms with Gasteiger partial charge in [0.25, 0.3) is 0 Å². The molecule has 6 heteroatoms. The van der Waals surface area contributed by atoms with Crippen LogP contribution in [0.1, 0.15) is 31.2 Å². The van der Waals surface area contributed by atoms with Crippen LogP contribution in [0.25, 0.3) is 0 Å². The molecular weight excluding hydrogens is 300 g/mol. The summed E-state index contributed by atoms with van der Waals surface area (Å²) in [4.78, 5) is 14.2. The molecule has 22 heavy (non-hydrogen) atoms. The highest BCUT2D eigenvalue weighted by atomic mass is 32.2. The maximum absolute atomic E-state index is 12.5. The van der Waals surface area contributed by atoms with Gasteiger partial charge in [0.2, 0.25) is 15.9 Å². The fourth-order valence-electron chi connectivity index (χ4n) is 2.95. The molecule has 1 aliphatic carbocycles. The molecule has 1 aromatic carbocycles. The number of likely N-dealkylation sites (N-methyl/N-ethyl adjacent to an activating group) is 1. The SMILES string of the molecule is Cc1ccccc1N(CC(=O)N(C)C1CCCC1)S(C)(=O)=O. The Morgan fingerprint density at radius 3 is 2.36 bits per heavy atom. The van der Waals surface area contributed by atoms with Crippen LogP contribution in [0.4, 0.5) is 5.69 Å². The normalized spacial score (nSPS) is 15.8. The lowest BCUT2D eigenvalue weighted by Gasteiger charge is -2.29. The van der Waals surface area contributed by atoms with Crippen molar-refractivity contribution in [3.63, 3.8) is 0 Å². The Balaban J connectivity index is 2.21. The van der Waals surface area contributed by atoms with Gasteiger partial charge in [0.05, 0.1) is 11.9 Å². The zero-order valence-corrected chi connectivity index (χ0v) is 14.3.